The summed E-state index contributed by atoms with van der Waals surface area (Å²) in [5, 5.41) is 9.42. The Kier molecular flexibility index (Phi) is 1.99. The highest BCUT2D eigenvalue weighted by Gasteiger charge is 2.49. The number of hydrogen-bond donors (Lipinski definition) is 1. The molecule has 68 valence electrons. The van der Waals surface area contributed by atoms with Crippen molar-refractivity contribution in [1.29, 1.82) is 0 Å². The highest BCUT2D eigenvalue weighted by Crippen LogP contribution is 2.57. The van der Waals surface area contributed by atoms with E-state index in [9.17, 15) is 5.11 Å². The summed E-state index contributed by atoms with van der Waals surface area (Å²) in [5.41, 5.74) is 0.241. The normalized spacial score (nSPS) is 45.1. The molecule has 2 fully saturated rings. The molecule has 12 heavy (non-hydrogen) atoms. The third-order valence-corrected chi connectivity index (χ3v) is 3.97. The second-order valence-electron chi connectivity index (χ2n) is 4.59. The fraction of sp³-hybridized carbons (Fsp3) is 0.818. The van der Waals surface area contributed by atoms with Crippen LogP contribution in [-0.2, 0) is 0 Å². The molecule has 0 aromatic carbocycles. The highest BCUT2D eigenvalue weighted by molar-refractivity contribution is 5.02. The zero-order valence-corrected chi connectivity index (χ0v) is 7.63. The Balaban J connectivity index is 2.13. The Morgan fingerprint density at radius 3 is 2.75 bits per heavy atom. The summed E-state index contributed by atoms with van der Waals surface area (Å²) >= 11 is 0. The number of fused-ring (bicyclic) bond motifs is 2. The molecule has 3 atom stereocenters. The molecule has 0 aromatic rings. The van der Waals surface area contributed by atoms with Gasteiger partial charge in [-0.25, -0.2) is 0 Å². The van der Waals surface area contributed by atoms with Crippen molar-refractivity contribution in [2.45, 2.75) is 32.1 Å². The van der Waals surface area contributed by atoms with Gasteiger partial charge in [0.05, 0.1) is 0 Å². The highest BCUT2D eigenvalue weighted by atomic mass is 16.3. The van der Waals surface area contributed by atoms with Crippen LogP contribution in [-0.4, -0.2) is 11.7 Å². The largest absolute Gasteiger partial charge is 0.396 e. The lowest BCUT2D eigenvalue weighted by molar-refractivity contribution is 0.0679. The molecule has 2 bridgehead atoms. The van der Waals surface area contributed by atoms with E-state index in [1.807, 2.05) is 6.08 Å². The second kappa shape index (κ2) is 2.88. The topological polar surface area (TPSA) is 20.2 Å². The van der Waals surface area contributed by atoms with E-state index < -0.39 is 0 Å². The molecule has 0 radical (unpaired) electrons. The van der Waals surface area contributed by atoms with Crippen LogP contribution in [0.3, 0.4) is 0 Å². The molecule has 2 aliphatic rings. The van der Waals surface area contributed by atoms with Crippen LogP contribution >= 0.6 is 0 Å². The predicted molar refractivity (Wildman–Crippen MR) is 49.8 cm³/mol. The van der Waals surface area contributed by atoms with E-state index in [4.69, 9.17) is 0 Å². The Hall–Kier alpha value is -0.300. The number of aliphatic hydroxyl groups is 1. The molecule has 0 aromatic heterocycles. The van der Waals surface area contributed by atoms with E-state index in [0.29, 0.717) is 6.61 Å². The number of rotatable bonds is 3. The lowest BCUT2D eigenvalue weighted by Gasteiger charge is -2.35. The molecule has 0 heterocycles. The molecule has 2 saturated carbocycles. The van der Waals surface area contributed by atoms with E-state index in [-0.39, 0.29) is 5.41 Å². The summed E-state index contributed by atoms with van der Waals surface area (Å²) in [7, 11) is 0. The van der Waals surface area contributed by atoms with Crippen LogP contribution in [0.15, 0.2) is 12.7 Å². The molecular formula is C11H18O. The van der Waals surface area contributed by atoms with Gasteiger partial charge in [0.1, 0.15) is 0 Å². The maximum Gasteiger partial charge on any atom is 0.0493 e. The quantitative estimate of drug-likeness (QED) is 0.638. The first-order chi connectivity index (χ1) is 5.80. The molecule has 0 spiro atoms. The number of hydrogen-bond acceptors (Lipinski definition) is 1. The van der Waals surface area contributed by atoms with Crippen LogP contribution in [0.5, 0.6) is 0 Å². The lowest BCUT2D eigenvalue weighted by atomic mass is 9.71. The van der Waals surface area contributed by atoms with Gasteiger partial charge in [0.15, 0.2) is 0 Å². The van der Waals surface area contributed by atoms with Crippen molar-refractivity contribution in [3.63, 3.8) is 0 Å². The Morgan fingerprint density at radius 1 is 1.50 bits per heavy atom. The maximum atomic E-state index is 9.42. The van der Waals surface area contributed by atoms with Gasteiger partial charge in [-0.15, -0.1) is 6.58 Å². The van der Waals surface area contributed by atoms with E-state index in [0.717, 1.165) is 18.3 Å². The van der Waals surface area contributed by atoms with Crippen LogP contribution < -0.4 is 0 Å². The van der Waals surface area contributed by atoms with Crippen molar-refractivity contribution in [2.24, 2.45) is 17.3 Å². The minimum atomic E-state index is 0.241. The van der Waals surface area contributed by atoms with E-state index in [1.54, 1.807) is 0 Å². The van der Waals surface area contributed by atoms with Gasteiger partial charge in [-0.1, -0.05) is 12.5 Å². The zero-order chi connectivity index (χ0) is 8.60. The van der Waals surface area contributed by atoms with Crippen molar-refractivity contribution < 1.29 is 5.11 Å². The summed E-state index contributed by atoms with van der Waals surface area (Å²) in [5.74, 6) is 1.72. The van der Waals surface area contributed by atoms with Crippen LogP contribution in [0.25, 0.3) is 0 Å². The average molecular weight is 166 g/mol. The van der Waals surface area contributed by atoms with E-state index in [1.165, 1.54) is 25.7 Å². The number of allylic oxidation sites excluding steroid dienone is 1. The van der Waals surface area contributed by atoms with Gasteiger partial charge < -0.3 is 5.11 Å². The van der Waals surface area contributed by atoms with Gasteiger partial charge in [0.25, 0.3) is 0 Å². The third-order valence-electron chi connectivity index (χ3n) is 3.97. The molecule has 2 rings (SSSR count). The standard InChI is InChI=1S/C11H18O/c1-2-5-11(8-12)7-9-3-4-10(11)6-9/h2,9-10,12H,1,3-8H2. The molecule has 1 nitrogen and oxygen atoms in total. The van der Waals surface area contributed by atoms with Crippen LogP contribution in [0.4, 0.5) is 0 Å². The van der Waals surface area contributed by atoms with Crippen molar-refractivity contribution in [3.8, 4) is 0 Å². The van der Waals surface area contributed by atoms with E-state index >= 15 is 0 Å². The molecule has 3 unspecified atom stereocenters. The Morgan fingerprint density at radius 2 is 2.33 bits per heavy atom. The molecule has 0 saturated heterocycles. The first kappa shape index (κ1) is 8.31. The summed E-state index contributed by atoms with van der Waals surface area (Å²) < 4.78 is 0. The zero-order valence-electron chi connectivity index (χ0n) is 7.63. The van der Waals surface area contributed by atoms with Crippen LogP contribution in [0.2, 0.25) is 0 Å². The monoisotopic (exact) mass is 166 g/mol. The average Bonchev–Trinajstić information content (AvgIpc) is 2.64. The summed E-state index contributed by atoms with van der Waals surface area (Å²) in [6, 6.07) is 0. The van der Waals surface area contributed by atoms with Gasteiger partial charge in [0, 0.05) is 6.61 Å². The fourth-order valence-corrected chi connectivity index (χ4v) is 3.35. The molecular weight excluding hydrogens is 148 g/mol. The SMILES string of the molecule is C=CCC1(CO)CC2CCC1C2. The minimum absolute atomic E-state index is 0.241. The van der Waals surface area contributed by atoms with Crippen LogP contribution in [0.1, 0.15) is 32.1 Å². The van der Waals surface area contributed by atoms with Gasteiger partial charge in [0.2, 0.25) is 0 Å². The van der Waals surface area contributed by atoms with Crippen molar-refractivity contribution in [3.05, 3.63) is 12.7 Å². The maximum absolute atomic E-state index is 9.42. The van der Waals surface area contributed by atoms with Crippen molar-refractivity contribution >= 4 is 0 Å². The van der Waals surface area contributed by atoms with Crippen molar-refractivity contribution in [2.75, 3.05) is 6.61 Å². The number of aliphatic hydroxyl groups excluding tert-OH is 1. The molecule has 0 aliphatic heterocycles. The van der Waals surface area contributed by atoms with Gasteiger partial charge >= 0.3 is 0 Å². The summed E-state index contributed by atoms with van der Waals surface area (Å²) in [6.45, 7) is 4.16. The molecule has 1 heteroatoms. The fourth-order valence-electron chi connectivity index (χ4n) is 3.35. The van der Waals surface area contributed by atoms with Crippen molar-refractivity contribution in [1.82, 2.24) is 0 Å². The second-order valence-corrected chi connectivity index (χ2v) is 4.59. The van der Waals surface area contributed by atoms with Gasteiger partial charge in [-0.3, -0.25) is 0 Å². The molecule has 2 aliphatic carbocycles. The first-order valence-corrected chi connectivity index (χ1v) is 5.02. The van der Waals surface area contributed by atoms with E-state index in [2.05, 4.69) is 6.58 Å². The molecule has 1 N–H and O–H groups in total. The Labute approximate surface area is 74.5 Å². The van der Waals surface area contributed by atoms with Gasteiger partial charge in [-0.2, -0.15) is 0 Å². The minimum Gasteiger partial charge on any atom is -0.396 e. The summed E-state index contributed by atoms with van der Waals surface area (Å²) in [6.07, 6.45) is 8.37. The first-order valence-electron chi connectivity index (χ1n) is 5.02. The molecule has 0 amide bonds. The Bertz CT molecular complexity index is 187. The smallest absolute Gasteiger partial charge is 0.0493 e. The lowest BCUT2D eigenvalue weighted by Crippen LogP contribution is -2.31. The summed E-state index contributed by atoms with van der Waals surface area (Å²) in [4.78, 5) is 0. The third kappa shape index (κ3) is 1.03. The predicted octanol–water partition coefficient (Wildman–Crippen LogP) is 2.36. The van der Waals surface area contributed by atoms with Gasteiger partial charge in [-0.05, 0) is 42.9 Å². The van der Waals surface area contributed by atoms with Crippen LogP contribution in [0, 0.1) is 17.3 Å².